The van der Waals surface area contributed by atoms with E-state index in [1.54, 1.807) is 12.1 Å². The Labute approximate surface area is 114 Å². The highest BCUT2D eigenvalue weighted by atomic mass is 16.6. The van der Waals surface area contributed by atoms with Gasteiger partial charge in [-0.1, -0.05) is 26.0 Å². The average molecular weight is 265 g/mol. The first-order valence-corrected chi connectivity index (χ1v) is 6.65. The molecule has 0 aliphatic heterocycles. The first-order valence-electron chi connectivity index (χ1n) is 6.65. The molecule has 5 nitrogen and oxygen atoms in total. The predicted molar refractivity (Wildman–Crippen MR) is 77.2 cm³/mol. The van der Waals surface area contributed by atoms with Gasteiger partial charge in [0.1, 0.15) is 0 Å². The number of hydrogen-bond donors (Lipinski definition) is 1. The van der Waals surface area contributed by atoms with E-state index < -0.39 is 0 Å². The largest absolute Gasteiger partial charge is 0.329 e. The smallest absolute Gasteiger partial charge is 0.269 e. The topological polar surface area (TPSA) is 72.4 Å². The summed E-state index contributed by atoms with van der Waals surface area (Å²) < 4.78 is 0. The molecule has 2 N–H and O–H groups in total. The van der Waals surface area contributed by atoms with Crippen LogP contribution in [0.15, 0.2) is 24.3 Å². The van der Waals surface area contributed by atoms with E-state index in [1.165, 1.54) is 0 Å². The molecular weight excluding hydrogens is 242 g/mol. The number of hydrogen-bond acceptors (Lipinski definition) is 4. The molecule has 1 aromatic carbocycles. The van der Waals surface area contributed by atoms with Gasteiger partial charge in [-0.25, -0.2) is 0 Å². The van der Waals surface area contributed by atoms with Gasteiger partial charge in [0.15, 0.2) is 0 Å². The van der Waals surface area contributed by atoms with Crippen LogP contribution in [0.1, 0.15) is 26.3 Å². The Morgan fingerprint density at radius 3 is 2.16 bits per heavy atom. The molecule has 1 rings (SSSR count). The lowest BCUT2D eigenvalue weighted by Gasteiger charge is -2.39. The van der Waals surface area contributed by atoms with Crippen molar-refractivity contribution in [2.45, 2.75) is 32.7 Å². The summed E-state index contributed by atoms with van der Waals surface area (Å²) >= 11 is 0. The van der Waals surface area contributed by atoms with Crippen molar-refractivity contribution in [3.05, 3.63) is 39.9 Å². The van der Waals surface area contributed by atoms with Gasteiger partial charge in [-0.3, -0.25) is 15.0 Å². The third kappa shape index (κ3) is 3.75. The Bertz CT molecular complexity index is 415. The number of non-ortho nitro benzene ring substituents is 1. The zero-order valence-corrected chi connectivity index (χ0v) is 11.9. The highest BCUT2D eigenvalue weighted by Gasteiger charge is 2.28. The van der Waals surface area contributed by atoms with Crippen molar-refractivity contribution in [3.8, 4) is 0 Å². The lowest BCUT2D eigenvalue weighted by Crippen LogP contribution is -2.53. The number of nitro groups is 1. The van der Waals surface area contributed by atoms with Crippen LogP contribution < -0.4 is 5.73 Å². The van der Waals surface area contributed by atoms with Crippen LogP contribution in [0.2, 0.25) is 0 Å². The summed E-state index contributed by atoms with van der Waals surface area (Å²) in [6.07, 6.45) is 0.795. The van der Waals surface area contributed by atoms with E-state index in [2.05, 4.69) is 25.7 Å². The molecule has 0 bridgehead atoms. The van der Waals surface area contributed by atoms with Crippen LogP contribution in [0, 0.1) is 10.1 Å². The van der Waals surface area contributed by atoms with Gasteiger partial charge in [-0.15, -0.1) is 0 Å². The number of nitrogens with two attached hydrogens (primary N) is 1. The fourth-order valence-electron chi connectivity index (χ4n) is 2.48. The maximum Gasteiger partial charge on any atom is 0.269 e. The second-order valence-corrected chi connectivity index (χ2v) is 4.97. The molecule has 0 aromatic heterocycles. The molecule has 19 heavy (non-hydrogen) atoms. The molecule has 0 saturated heterocycles. The summed E-state index contributed by atoms with van der Waals surface area (Å²) in [5, 5.41) is 10.6. The molecule has 106 valence electrons. The highest BCUT2D eigenvalue weighted by molar-refractivity contribution is 5.33. The zero-order chi connectivity index (χ0) is 14.5. The van der Waals surface area contributed by atoms with Gasteiger partial charge < -0.3 is 5.73 Å². The van der Waals surface area contributed by atoms with Crippen LogP contribution in [0.25, 0.3) is 0 Å². The van der Waals surface area contributed by atoms with Crippen molar-refractivity contribution in [2.24, 2.45) is 5.73 Å². The van der Waals surface area contributed by atoms with Crippen molar-refractivity contribution in [1.82, 2.24) is 4.90 Å². The number of benzene rings is 1. The van der Waals surface area contributed by atoms with Crippen LogP contribution in [-0.4, -0.2) is 35.0 Å². The molecule has 0 fully saturated rings. The van der Waals surface area contributed by atoms with Gasteiger partial charge in [0.25, 0.3) is 5.69 Å². The third-order valence-electron chi connectivity index (χ3n) is 3.70. The van der Waals surface area contributed by atoms with Crippen LogP contribution in [-0.2, 0) is 6.42 Å². The molecule has 0 saturated carbocycles. The Morgan fingerprint density at radius 2 is 1.79 bits per heavy atom. The van der Waals surface area contributed by atoms with Gasteiger partial charge in [0, 0.05) is 24.2 Å². The second kappa shape index (κ2) is 6.63. The number of nitrogens with zero attached hydrogens (tertiary/aromatic N) is 2. The molecule has 1 unspecified atom stereocenters. The molecule has 5 heteroatoms. The lowest BCUT2D eigenvalue weighted by atomic mass is 9.90. The van der Waals surface area contributed by atoms with Crippen molar-refractivity contribution >= 4 is 5.69 Å². The average Bonchev–Trinajstić information content (AvgIpc) is 2.40. The molecule has 1 atom stereocenters. The van der Waals surface area contributed by atoms with E-state index in [-0.39, 0.29) is 16.1 Å². The summed E-state index contributed by atoms with van der Waals surface area (Å²) in [7, 11) is 0. The first kappa shape index (κ1) is 15.6. The lowest BCUT2D eigenvalue weighted by molar-refractivity contribution is -0.384. The number of rotatable bonds is 7. The second-order valence-electron chi connectivity index (χ2n) is 4.97. The SMILES string of the molecule is CCN(CC)C(C)(CN)Cc1ccc([N+](=O)[O-])cc1. The summed E-state index contributed by atoms with van der Waals surface area (Å²) in [6, 6.07) is 6.73. The minimum atomic E-state index is -0.379. The third-order valence-corrected chi connectivity index (χ3v) is 3.70. The number of nitro benzene ring substituents is 1. The van der Waals surface area contributed by atoms with Crippen molar-refractivity contribution in [2.75, 3.05) is 19.6 Å². The molecule has 1 aromatic rings. The fourth-order valence-corrected chi connectivity index (χ4v) is 2.48. The van der Waals surface area contributed by atoms with E-state index in [9.17, 15) is 10.1 Å². The molecule has 0 aliphatic rings. The Morgan fingerprint density at radius 1 is 1.26 bits per heavy atom. The van der Waals surface area contributed by atoms with Gasteiger partial charge >= 0.3 is 0 Å². The van der Waals surface area contributed by atoms with E-state index in [1.807, 2.05) is 12.1 Å². The molecule has 0 aliphatic carbocycles. The van der Waals surface area contributed by atoms with Crippen LogP contribution >= 0.6 is 0 Å². The molecule has 0 heterocycles. The standard InChI is InChI=1S/C14H23N3O2/c1-4-16(5-2)14(3,11-15)10-12-6-8-13(9-7-12)17(18)19/h6-9H,4-5,10-11,15H2,1-3H3. The maximum absolute atomic E-state index is 10.6. The summed E-state index contributed by atoms with van der Waals surface area (Å²) in [6.45, 7) is 8.82. The van der Waals surface area contributed by atoms with Crippen molar-refractivity contribution in [1.29, 1.82) is 0 Å². The summed E-state index contributed by atoms with van der Waals surface area (Å²) in [5.41, 5.74) is 7.02. The Kier molecular flexibility index (Phi) is 5.44. The summed E-state index contributed by atoms with van der Waals surface area (Å²) in [5.74, 6) is 0. The number of likely N-dealkylation sites (N-methyl/N-ethyl adjacent to an activating group) is 1. The van der Waals surface area contributed by atoms with Gasteiger partial charge in [0.05, 0.1) is 4.92 Å². The zero-order valence-electron chi connectivity index (χ0n) is 11.9. The minimum absolute atomic E-state index is 0.111. The minimum Gasteiger partial charge on any atom is -0.329 e. The molecule has 0 spiro atoms. The van der Waals surface area contributed by atoms with E-state index in [0.29, 0.717) is 6.54 Å². The Balaban J connectivity index is 2.88. The quantitative estimate of drug-likeness (QED) is 0.606. The van der Waals surface area contributed by atoms with E-state index in [0.717, 1.165) is 25.1 Å². The Hall–Kier alpha value is -1.46. The van der Waals surface area contributed by atoms with Gasteiger partial charge in [-0.05, 0) is 32.0 Å². The van der Waals surface area contributed by atoms with E-state index >= 15 is 0 Å². The fraction of sp³-hybridized carbons (Fsp3) is 0.571. The molecule has 0 radical (unpaired) electrons. The van der Waals surface area contributed by atoms with Gasteiger partial charge in [-0.2, -0.15) is 0 Å². The normalized spacial score (nSPS) is 14.4. The molecular formula is C14H23N3O2. The van der Waals surface area contributed by atoms with Crippen LogP contribution in [0.3, 0.4) is 0 Å². The first-order chi connectivity index (χ1) is 8.96. The van der Waals surface area contributed by atoms with Crippen LogP contribution in [0.4, 0.5) is 5.69 Å². The van der Waals surface area contributed by atoms with Gasteiger partial charge in [0.2, 0.25) is 0 Å². The molecule has 0 amide bonds. The van der Waals surface area contributed by atoms with Crippen LogP contribution in [0.5, 0.6) is 0 Å². The van der Waals surface area contributed by atoms with E-state index in [4.69, 9.17) is 5.73 Å². The predicted octanol–water partition coefficient (Wildman–Crippen LogP) is 2.20. The highest BCUT2D eigenvalue weighted by Crippen LogP contribution is 2.21. The monoisotopic (exact) mass is 265 g/mol. The van der Waals surface area contributed by atoms with Crippen molar-refractivity contribution in [3.63, 3.8) is 0 Å². The summed E-state index contributed by atoms with van der Waals surface area (Å²) in [4.78, 5) is 12.6. The maximum atomic E-state index is 10.6. The van der Waals surface area contributed by atoms with Crippen molar-refractivity contribution < 1.29 is 4.92 Å².